The first-order chi connectivity index (χ1) is 13.2. The first kappa shape index (κ1) is 22.8. The molecule has 0 spiro atoms. The molecular weight excluding hydrogens is 397 g/mol. The molecule has 0 radical (unpaired) electrons. The minimum Gasteiger partial charge on any atom is -0.481 e. The Morgan fingerprint density at radius 3 is 2.54 bits per heavy atom. The summed E-state index contributed by atoms with van der Waals surface area (Å²) in [5.74, 6) is 0.547. The molecule has 1 atom stereocenters. The van der Waals surface area contributed by atoms with E-state index in [9.17, 15) is 18.0 Å². The van der Waals surface area contributed by atoms with Crippen LogP contribution in [0.1, 0.15) is 18.9 Å². The average Bonchev–Trinajstić information content (AvgIpc) is 2.62. The van der Waals surface area contributed by atoms with Crippen molar-refractivity contribution in [2.45, 2.75) is 32.5 Å². The van der Waals surface area contributed by atoms with E-state index in [0.717, 1.165) is 5.56 Å². The van der Waals surface area contributed by atoms with Crippen LogP contribution in [0, 0.1) is 6.92 Å². The van der Waals surface area contributed by atoms with Gasteiger partial charge in [-0.1, -0.05) is 11.6 Å². The fourth-order valence-electron chi connectivity index (χ4n) is 3.01. The zero-order chi connectivity index (χ0) is 20.7. The fraction of sp³-hybridized carbons (Fsp3) is 0.632. The topological polar surface area (TPSA) is 42.0 Å². The monoisotopic (exact) mass is 422 g/mol. The maximum Gasteiger partial charge on any atom is 0.411 e. The van der Waals surface area contributed by atoms with Crippen molar-refractivity contribution in [2.75, 3.05) is 45.9 Å². The Morgan fingerprint density at radius 1 is 1.25 bits per heavy atom. The Kier molecular flexibility index (Phi) is 8.39. The second-order valence-electron chi connectivity index (χ2n) is 6.86. The van der Waals surface area contributed by atoms with Gasteiger partial charge in [0.25, 0.3) is 5.91 Å². The van der Waals surface area contributed by atoms with Gasteiger partial charge in [0.1, 0.15) is 12.4 Å². The maximum absolute atomic E-state index is 12.6. The third-order valence-electron chi connectivity index (χ3n) is 4.50. The zero-order valence-electron chi connectivity index (χ0n) is 16.1. The molecule has 0 aromatic heterocycles. The molecule has 1 heterocycles. The fourth-order valence-corrected chi connectivity index (χ4v) is 3.24. The first-order valence-electron chi connectivity index (χ1n) is 9.24. The van der Waals surface area contributed by atoms with Gasteiger partial charge >= 0.3 is 6.18 Å². The highest BCUT2D eigenvalue weighted by molar-refractivity contribution is 6.30. The molecule has 0 aliphatic carbocycles. The Bertz CT molecular complexity index is 650. The molecule has 1 aliphatic heterocycles. The summed E-state index contributed by atoms with van der Waals surface area (Å²) >= 11 is 5.93. The number of piperazine rings is 1. The Morgan fingerprint density at radius 2 is 1.93 bits per heavy atom. The highest BCUT2D eigenvalue weighted by atomic mass is 35.5. The lowest BCUT2D eigenvalue weighted by Crippen LogP contribution is -2.52. The summed E-state index contributed by atoms with van der Waals surface area (Å²) in [7, 11) is 0. The number of hydrogen-bond acceptors (Lipinski definition) is 4. The normalized spacial score (nSPS) is 16.9. The number of amides is 1. The van der Waals surface area contributed by atoms with Crippen LogP contribution < -0.4 is 4.74 Å². The van der Waals surface area contributed by atoms with Crippen molar-refractivity contribution in [1.82, 2.24) is 9.80 Å². The SMILES string of the molecule is Cc1cc(Cl)ccc1OC(C)C(=O)N1CCN(CCCOCC(F)(F)F)CC1. The predicted octanol–water partition coefficient (Wildman–Crippen LogP) is 3.53. The molecule has 1 unspecified atom stereocenters. The van der Waals surface area contributed by atoms with Crippen LogP contribution in [0.4, 0.5) is 13.2 Å². The van der Waals surface area contributed by atoms with Crippen molar-refractivity contribution < 1.29 is 27.4 Å². The Hall–Kier alpha value is -1.51. The van der Waals surface area contributed by atoms with Gasteiger partial charge in [0.15, 0.2) is 6.10 Å². The minimum absolute atomic E-state index is 0.0734. The average molecular weight is 423 g/mol. The lowest BCUT2D eigenvalue weighted by molar-refractivity contribution is -0.174. The summed E-state index contributed by atoms with van der Waals surface area (Å²) in [6.45, 7) is 5.59. The molecule has 1 aliphatic rings. The number of nitrogens with zero attached hydrogens (tertiary/aromatic N) is 2. The second-order valence-corrected chi connectivity index (χ2v) is 7.29. The van der Waals surface area contributed by atoms with Gasteiger partial charge in [0, 0.05) is 44.4 Å². The van der Waals surface area contributed by atoms with Gasteiger partial charge < -0.3 is 14.4 Å². The van der Waals surface area contributed by atoms with Crippen molar-refractivity contribution in [3.63, 3.8) is 0 Å². The number of benzene rings is 1. The molecule has 1 aromatic rings. The van der Waals surface area contributed by atoms with E-state index in [-0.39, 0.29) is 12.5 Å². The molecule has 2 rings (SSSR count). The van der Waals surface area contributed by atoms with E-state index in [1.54, 1.807) is 30.0 Å². The molecule has 0 N–H and O–H groups in total. The Labute approximate surface area is 168 Å². The molecule has 9 heteroatoms. The van der Waals surface area contributed by atoms with Crippen molar-refractivity contribution in [1.29, 1.82) is 0 Å². The minimum atomic E-state index is -4.28. The molecular formula is C19H26ClF3N2O3. The van der Waals surface area contributed by atoms with Crippen molar-refractivity contribution in [2.24, 2.45) is 0 Å². The van der Waals surface area contributed by atoms with E-state index in [1.165, 1.54) is 0 Å². The number of halogens is 4. The van der Waals surface area contributed by atoms with E-state index in [4.69, 9.17) is 16.3 Å². The van der Waals surface area contributed by atoms with Crippen LogP contribution in [-0.2, 0) is 9.53 Å². The molecule has 28 heavy (non-hydrogen) atoms. The van der Waals surface area contributed by atoms with E-state index in [1.807, 2.05) is 6.92 Å². The van der Waals surface area contributed by atoms with Gasteiger partial charge in [-0.25, -0.2) is 0 Å². The smallest absolute Gasteiger partial charge is 0.411 e. The van der Waals surface area contributed by atoms with Crippen LogP contribution in [0.3, 0.4) is 0 Å². The lowest BCUT2D eigenvalue weighted by atomic mass is 10.2. The predicted molar refractivity (Wildman–Crippen MR) is 101 cm³/mol. The second kappa shape index (κ2) is 10.3. The van der Waals surface area contributed by atoms with Gasteiger partial charge in [-0.2, -0.15) is 13.2 Å². The van der Waals surface area contributed by atoms with Crippen molar-refractivity contribution >= 4 is 17.5 Å². The van der Waals surface area contributed by atoms with Gasteiger partial charge in [0.2, 0.25) is 0 Å². The summed E-state index contributed by atoms with van der Waals surface area (Å²) in [6, 6.07) is 5.25. The number of aryl methyl sites for hydroxylation is 1. The van der Waals surface area contributed by atoms with E-state index >= 15 is 0 Å². The third-order valence-corrected chi connectivity index (χ3v) is 4.74. The maximum atomic E-state index is 12.6. The first-order valence-corrected chi connectivity index (χ1v) is 9.62. The number of ether oxygens (including phenoxy) is 2. The van der Waals surface area contributed by atoms with Crippen molar-refractivity contribution in [3.8, 4) is 5.75 Å². The molecule has 0 saturated carbocycles. The van der Waals surface area contributed by atoms with Crippen LogP contribution in [-0.4, -0.2) is 73.9 Å². The Balaban J connectivity index is 1.69. The van der Waals surface area contributed by atoms with E-state index in [2.05, 4.69) is 9.64 Å². The van der Waals surface area contributed by atoms with Gasteiger partial charge in [-0.3, -0.25) is 9.69 Å². The molecule has 158 valence electrons. The van der Waals surface area contributed by atoms with E-state index in [0.29, 0.717) is 49.9 Å². The largest absolute Gasteiger partial charge is 0.481 e. The number of carbonyl (C=O) groups excluding carboxylic acids is 1. The van der Waals surface area contributed by atoms with Crippen LogP contribution in [0.2, 0.25) is 5.02 Å². The van der Waals surface area contributed by atoms with Crippen LogP contribution in [0.25, 0.3) is 0 Å². The van der Waals surface area contributed by atoms with Gasteiger partial charge in [-0.05, 0) is 44.0 Å². The number of alkyl halides is 3. The molecule has 1 amide bonds. The highest BCUT2D eigenvalue weighted by Gasteiger charge is 2.28. The zero-order valence-corrected chi connectivity index (χ0v) is 16.9. The van der Waals surface area contributed by atoms with Crippen LogP contribution >= 0.6 is 11.6 Å². The van der Waals surface area contributed by atoms with Crippen LogP contribution in [0.15, 0.2) is 18.2 Å². The molecule has 1 fully saturated rings. The summed E-state index contributed by atoms with van der Waals surface area (Å²) in [5, 5.41) is 0.615. The summed E-state index contributed by atoms with van der Waals surface area (Å²) in [6.07, 6.45) is -4.36. The summed E-state index contributed by atoms with van der Waals surface area (Å²) in [5.41, 5.74) is 0.865. The van der Waals surface area contributed by atoms with Crippen LogP contribution in [0.5, 0.6) is 5.75 Å². The standard InChI is InChI=1S/C19H26ClF3N2O3/c1-14-12-16(20)4-5-17(14)28-15(2)18(26)25-9-7-24(8-10-25)6-3-11-27-13-19(21,22)23/h4-5,12,15H,3,6-11,13H2,1-2H3. The highest BCUT2D eigenvalue weighted by Crippen LogP contribution is 2.23. The molecule has 1 saturated heterocycles. The molecule has 1 aromatic carbocycles. The van der Waals surface area contributed by atoms with Crippen molar-refractivity contribution in [3.05, 3.63) is 28.8 Å². The number of carbonyl (C=O) groups is 1. The number of rotatable bonds is 8. The number of hydrogen-bond donors (Lipinski definition) is 0. The lowest BCUT2D eigenvalue weighted by Gasteiger charge is -2.36. The molecule has 0 bridgehead atoms. The van der Waals surface area contributed by atoms with E-state index < -0.39 is 18.9 Å². The molecule has 5 nitrogen and oxygen atoms in total. The van der Waals surface area contributed by atoms with Gasteiger partial charge in [-0.15, -0.1) is 0 Å². The quantitative estimate of drug-likeness (QED) is 0.601. The van der Waals surface area contributed by atoms with Gasteiger partial charge in [0.05, 0.1) is 0 Å². The summed E-state index contributed by atoms with van der Waals surface area (Å²) in [4.78, 5) is 16.5. The summed E-state index contributed by atoms with van der Waals surface area (Å²) < 4.78 is 46.4. The third kappa shape index (κ3) is 7.48.